The molecule has 22 heavy (non-hydrogen) atoms. The maximum Gasteiger partial charge on any atom is 0.327 e. The van der Waals surface area contributed by atoms with Gasteiger partial charge < -0.3 is 10.1 Å². The molecule has 0 saturated heterocycles. The van der Waals surface area contributed by atoms with E-state index in [9.17, 15) is 9.59 Å². The highest BCUT2D eigenvalue weighted by atomic mass is 16.5. The summed E-state index contributed by atoms with van der Waals surface area (Å²) in [4.78, 5) is 24.1. The molecule has 1 N–H and O–H groups in total. The molecule has 120 valence electrons. The Morgan fingerprint density at radius 1 is 1.36 bits per heavy atom. The van der Waals surface area contributed by atoms with E-state index < -0.39 is 5.97 Å². The molecule has 0 spiro atoms. The van der Waals surface area contributed by atoms with Gasteiger partial charge in [-0.15, -0.1) is 5.10 Å². The first kappa shape index (κ1) is 16.0. The second-order valence-electron chi connectivity index (χ2n) is 5.14. The van der Waals surface area contributed by atoms with Crippen LogP contribution in [0.2, 0.25) is 0 Å². The van der Waals surface area contributed by atoms with Gasteiger partial charge in [-0.25, -0.2) is 9.20 Å². The van der Waals surface area contributed by atoms with Crippen LogP contribution in [0.25, 0.3) is 5.52 Å². The third-order valence-corrected chi connectivity index (χ3v) is 3.06. The Kier molecular flexibility index (Phi) is 4.79. The standard InChI is InChI=1S/C14H21N5O3/c1-5-15-11-7-10-14(21)18(8-12(20)22-6-2)17-13(9(3)4)19(10)16-11/h7,9H,5-6,8H2,1-4H3,(H,15,16). The van der Waals surface area contributed by atoms with Gasteiger partial charge in [0.1, 0.15) is 17.9 Å². The predicted molar refractivity (Wildman–Crippen MR) is 82.1 cm³/mol. The minimum Gasteiger partial charge on any atom is -0.465 e. The van der Waals surface area contributed by atoms with Crippen LogP contribution < -0.4 is 10.9 Å². The summed E-state index contributed by atoms with van der Waals surface area (Å²) < 4.78 is 7.56. The van der Waals surface area contributed by atoms with Crippen LogP contribution in [0.1, 0.15) is 39.4 Å². The molecule has 0 aromatic carbocycles. The number of carbonyl (C=O) groups is 1. The van der Waals surface area contributed by atoms with Crippen molar-refractivity contribution >= 4 is 17.3 Å². The Balaban J connectivity index is 2.56. The molecule has 0 aliphatic rings. The first-order chi connectivity index (χ1) is 10.5. The van der Waals surface area contributed by atoms with Crippen molar-refractivity contribution in [1.82, 2.24) is 19.4 Å². The van der Waals surface area contributed by atoms with Gasteiger partial charge in [0.05, 0.1) is 6.61 Å². The molecule has 0 atom stereocenters. The van der Waals surface area contributed by atoms with E-state index in [2.05, 4.69) is 15.5 Å². The van der Waals surface area contributed by atoms with Crippen molar-refractivity contribution in [3.63, 3.8) is 0 Å². The molecule has 8 nitrogen and oxygen atoms in total. The van der Waals surface area contributed by atoms with Crippen LogP contribution >= 0.6 is 0 Å². The molecule has 0 aliphatic heterocycles. The molecule has 0 radical (unpaired) electrons. The van der Waals surface area contributed by atoms with Gasteiger partial charge in [-0.05, 0) is 13.8 Å². The molecule has 0 amide bonds. The van der Waals surface area contributed by atoms with Crippen molar-refractivity contribution in [3.05, 3.63) is 22.2 Å². The van der Waals surface area contributed by atoms with E-state index in [1.165, 1.54) is 4.52 Å². The first-order valence-corrected chi connectivity index (χ1v) is 7.38. The second-order valence-corrected chi connectivity index (χ2v) is 5.14. The highest BCUT2D eigenvalue weighted by molar-refractivity contribution is 5.69. The number of nitrogens with one attached hydrogen (secondary N) is 1. The lowest BCUT2D eigenvalue weighted by Crippen LogP contribution is -2.31. The zero-order valence-corrected chi connectivity index (χ0v) is 13.3. The number of nitrogens with zero attached hydrogens (tertiary/aromatic N) is 4. The lowest BCUT2D eigenvalue weighted by molar-refractivity contribution is -0.144. The third-order valence-electron chi connectivity index (χ3n) is 3.06. The number of anilines is 1. The number of rotatable bonds is 6. The predicted octanol–water partition coefficient (Wildman–Crippen LogP) is 1.01. The molecule has 0 unspecified atom stereocenters. The zero-order chi connectivity index (χ0) is 16.3. The number of fused-ring (bicyclic) bond motifs is 1. The van der Waals surface area contributed by atoms with E-state index in [1.807, 2.05) is 20.8 Å². The number of esters is 1. The van der Waals surface area contributed by atoms with Crippen LogP contribution in [0.3, 0.4) is 0 Å². The van der Waals surface area contributed by atoms with Crippen molar-refractivity contribution in [2.45, 2.75) is 40.2 Å². The van der Waals surface area contributed by atoms with Crippen molar-refractivity contribution in [3.8, 4) is 0 Å². The van der Waals surface area contributed by atoms with E-state index in [1.54, 1.807) is 13.0 Å². The summed E-state index contributed by atoms with van der Waals surface area (Å²) in [5.41, 5.74) is 0.0213. The SMILES string of the molecule is CCNc1cc2c(=O)n(CC(=O)OCC)nc(C(C)C)n2n1. The fraction of sp³-hybridized carbons (Fsp3) is 0.571. The molecule has 8 heteroatoms. The van der Waals surface area contributed by atoms with Crippen molar-refractivity contribution < 1.29 is 9.53 Å². The Hall–Kier alpha value is -2.38. The largest absolute Gasteiger partial charge is 0.465 e. The molecule has 0 aliphatic carbocycles. The van der Waals surface area contributed by atoms with Crippen molar-refractivity contribution in [2.75, 3.05) is 18.5 Å². The minimum absolute atomic E-state index is 0.0472. The van der Waals surface area contributed by atoms with E-state index in [0.29, 0.717) is 23.7 Å². The lowest BCUT2D eigenvalue weighted by atomic mass is 10.2. The van der Waals surface area contributed by atoms with Crippen LogP contribution in [-0.2, 0) is 16.1 Å². The molecular formula is C14H21N5O3. The van der Waals surface area contributed by atoms with E-state index in [0.717, 1.165) is 4.68 Å². The highest BCUT2D eigenvalue weighted by Gasteiger charge is 2.17. The molecule has 2 aromatic heterocycles. The fourth-order valence-electron chi connectivity index (χ4n) is 2.12. The zero-order valence-electron chi connectivity index (χ0n) is 13.3. The van der Waals surface area contributed by atoms with Crippen LogP contribution in [-0.4, -0.2) is 38.5 Å². The quantitative estimate of drug-likeness (QED) is 0.801. The summed E-state index contributed by atoms with van der Waals surface area (Å²) >= 11 is 0. The van der Waals surface area contributed by atoms with Gasteiger partial charge in [0.15, 0.2) is 5.82 Å². The smallest absolute Gasteiger partial charge is 0.327 e. The summed E-state index contributed by atoms with van der Waals surface area (Å²) in [6.45, 7) is 8.34. The average Bonchev–Trinajstić information content (AvgIpc) is 2.86. The minimum atomic E-state index is -0.484. The molecular weight excluding hydrogens is 286 g/mol. The van der Waals surface area contributed by atoms with Crippen LogP contribution in [0.15, 0.2) is 10.9 Å². The summed E-state index contributed by atoms with van der Waals surface area (Å²) in [6, 6.07) is 1.67. The number of aromatic nitrogens is 4. The molecule has 0 fully saturated rings. The number of ether oxygens (including phenoxy) is 1. The molecule has 0 bridgehead atoms. The Labute approximate surface area is 128 Å². The van der Waals surface area contributed by atoms with Gasteiger partial charge in [-0.3, -0.25) is 9.59 Å². The van der Waals surface area contributed by atoms with Crippen molar-refractivity contribution in [2.24, 2.45) is 0 Å². The van der Waals surface area contributed by atoms with Gasteiger partial charge in [0.2, 0.25) is 0 Å². The maximum atomic E-state index is 12.5. The Morgan fingerprint density at radius 3 is 2.68 bits per heavy atom. The second kappa shape index (κ2) is 6.59. The number of hydrogen-bond donors (Lipinski definition) is 1. The molecule has 2 aromatic rings. The molecule has 2 rings (SSSR count). The third kappa shape index (κ3) is 3.10. The normalized spacial score (nSPS) is 11.1. The monoisotopic (exact) mass is 307 g/mol. The van der Waals surface area contributed by atoms with Gasteiger partial charge in [-0.1, -0.05) is 13.8 Å². The van der Waals surface area contributed by atoms with Crippen LogP contribution in [0.4, 0.5) is 5.82 Å². The summed E-state index contributed by atoms with van der Waals surface area (Å²) in [6.07, 6.45) is 0. The molecule has 0 saturated carbocycles. The first-order valence-electron chi connectivity index (χ1n) is 7.38. The fourth-order valence-corrected chi connectivity index (χ4v) is 2.12. The summed E-state index contributed by atoms with van der Waals surface area (Å²) in [7, 11) is 0. The summed E-state index contributed by atoms with van der Waals surface area (Å²) in [5.74, 6) is 0.786. The van der Waals surface area contributed by atoms with E-state index in [4.69, 9.17) is 4.74 Å². The van der Waals surface area contributed by atoms with Crippen LogP contribution in [0.5, 0.6) is 0 Å². The van der Waals surface area contributed by atoms with Crippen molar-refractivity contribution in [1.29, 1.82) is 0 Å². The van der Waals surface area contributed by atoms with Gasteiger partial charge >= 0.3 is 5.97 Å². The topological polar surface area (TPSA) is 90.5 Å². The van der Waals surface area contributed by atoms with E-state index >= 15 is 0 Å². The van der Waals surface area contributed by atoms with Gasteiger partial charge in [0, 0.05) is 18.5 Å². The van der Waals surface area contributed by atoms with Gasteiger partial charge in [-0.2, -0.15) is 5.10 Å². The lowest BCUT2D eigenvalue weighted by Gasteiger charge is -2.11. The number of carbonyl (C=O) groups excluding carboxylic acids is 1. The Bertz CT molecular complexity index is 732. The molecule has 2 heterocycles. The van der Waals surface area contributed by atoms with Crippen LogP contribution in [0, 0.1) is 0 Å². The maximum absolute atomic E-state index is 12.5. The van der Waals surface area contributed by atoms with Gasteiger partial charge in [0.25, 0.3) is 5.56 Å². The summed E-state index contributed by atoms with van der Waals surface area (Å²) in [5, 5.41) is 11.7. The highest BCUT2D eigenvalue weighted by Crippen LogP contribution is 2.14. The van der Waals surface area contributed by atoms with E-state index in [-0.39, 0.29) is 24.6 Å². The average molecular weight is 307 g/mol. The Morgan fingerprint density at radius 2 is 2.09 bits per heavy atom. The number of hydrogen-bond acceptors (Lipinski definition) is 6.